The molecule has 0 saturated carbocycles. The number of sulfonamides is 1. The van der Waals surface area contributed by atoms with Gasteiger partial charge in [0.05, 0.1) is 24.5 Å². The van der Waals surface area contributed by atoms with Crippen LogP contribution in [-0.4, -0.2) is 44.9 Å². The van der Waals surface area contributed by atoms with E-state index in [4.69, 9.17) is 9.47 Å². The number of carbonyl (C=O) groups is 1. The van der Waals surface area contributed by atoms with Gasteiger partial charge in [0.1, 0.15) is 18.2 Å². The summed E-state index contributed by atoms with van der Waals surface area (Å²) in [4.78, 5) is 13.0. The second-order valence-corrected chi connectivity index (χ2v) is 10.1. The molecule has 7 nitrogen and oxygen atoms in total. The predicted molar refractivity (Wildman–Crippen MR) is 130 cm³/mol. The van der Waals surface area contributed by atoms with Gasteiger partial charge in [-0.05, 0) is 41.0 Å². The van der Waals surface area contributed by atoms with Gasteiger partial charge in [0.25, 0.3) is 5.91 Å². The maximum Gasteiger partial charge on any atom is 0.255 e. The van der Waals surface area contributed by atoms with Crippen molar-refractivity contribution >= 4 is 15.9 Å². The fourth-order valence-corrected chi connectivity index (χ4v) is 5.34. The van der Waals surface area contributed by atoms with Gasteiger partial charge in [0, 0.05) is 19.6 Å². The lowest BCUT2D eigenvalue weighted by Crippen LogP contribution is -2.41. The summed E-state index contributed by atoms with van der Waals surface area (Å²) in [7, 11) is -3.50. The zero-order chi connectivity index (χ0) is 24.7. The minimum absolute atomic E-state index is 0.142. The first-order valence-electron chi connectivity index (χ1n) is 11.3. The van der Waals surface area contributed by atoms with Crippen LogP contribution >= 0.6 is 0 Å². The molecule has 184 valence electrons. The average Bonchev–Trinajstić information content (AvgIpc) is 2.88. The van der Waals surface area contributed by atoms with Crippen molar-refractivity contribution in [1.82, 2.24) is 9.62 Å². The largest absolute Gasteiger partial charge is 0.488 e. The van der Waals surface area contributed by atoms with E-state index in [0.717, 1.165) is 11.1 Å². The highest BCUT2D eigenvalue weighted by atomic mass is 32.2. The van der Waals surface area contributed by atoms with Gasteiger partial charge < -0.3 is 14.8 Å². The summed E-state index contributed by atoms with van der Waals surface area (Å²) in [5.74, 6) is -0.411. The number of benzene rings is 3. The highest BCUT2D eigenvalue weighted by Gasteiger charge is 2.25. The summed E-state index contributed by atoms with van der Waals surface area (Å²) in [6.07, 6.45) is 0. The van der Waals surface area contributed by atoms with Crippen molar-refractivity contribution in [2.75, 3.05) is 26.3 Å². The van der Waals surface area contributed by atoms with Gasteiger partial charge in [0.15, 0.2) is 0 Å². The number of hydrogen-bond donors (Lipinski definition) is 1. The molecule has 0 unspecified atom stereocenters. The van der Waals surface area contributed by atoms with E-state index in [-0.39, 0.29) is 30.6 Å². The Morgan fingerprint density at radius 2 is 1.60 bits per heavy atom. The molecule has 0 aromatic heterocycles. The zero-order valence-electron chi connectivity index (χ0n) is 19.2. The maximum atomic E-state index is 13.1. The number of rotatable bonds is 9. The minimum Gasteiger partial charge on any atom is -0.488 e. The van der Waals surface area contributed by atoms with Gasteiger partial charge in [-0.2, -0.15) is 4.31 Å². The second kappa shape index (κ2) is 11.4. The number of nitrogens with one attached hydrogen (secondary N) is 1. The predicted octanol–water partition coefficient (Wildman–Crippen LogP) is 3.50. The van der Waals surface area contributed by atoms with Crippen LogP contribution in [0.1, 0.15) is 27.0 Å². The highest BCUT2D eigenvalue weighted by Crippen LogP contribution is 2.21. The molecule has 0 atom stereocenters. The molecule has 1 N–H and O–H groups in total. The first-order chi connectivity index (χ1) is 16.9. The van der Waals surface area contributed by atoms with Gasteiger partial charge >= 0.3 is 0 Å². The summed E-state index contributed by atoms with van der Waals surface area (Å²) in [5.41, 5.74) is 2.49. The van der Waals surface area contributed by atoms with Crippen LogP contribution in [0.3, 0.4) is 0 Å². The van der Waals surface area contributed by atoms with E-state index in [1.54, 1.807) is 54.6 Å². The van der Waals surface area contributed by atoms with Crippen LogP contribution in [0, 0.1) is 5.82 Å². The maximum absolute atomic E-state index is 13.1. The summed E-state index contributed by atoms with van der Waals surface area (Å²) < 4.78 is 51.4. The Labute approximate surface area is 204 Å². The normalized spacial score (nSPS) is 14.4. The molecule has 3 aromatic rings. The Morgan fingerprint density at radius 1 is 0.943 bits per heavy atom. The number of nitrogens with zero attached hydrogens (tertiary/aromatic N) is 1. The summed E-state index contributed by atoms with van der Waals surface area (Å²) in [5, 5.41) is 2.87. The van der Waals surface area contributed by atoms with Crippen LogP contribution in [0.15, 0.2) is 72.8 Å². The minimum atomic E-state index is -3.50. The van der Waals surface area contributed by atoms with Crippen molar-refractivity contribution in [1.29, 1.82) is 0 Å². The van der Waals surface area contributed by atoms with Gasteiger partial charge in [0.2, 0.25) is 10.0 Å². The van der Waals surface area contributed by atoms with E-state index in [0.29, 0.717) is 43.2 Å². The molecule has 4 rings (SSSR count). The zero-order valence-corrected chi connectivity index (χ0v) is 20.0. The lowest BCUT2D eigenvalue weighted by Gasteiger charge is -2.26. The van der Waals surface area contributed by atoms with Crippen molar-refractivity contribution in [2.24, 2.45) is 0 Å². The van der Waals surface area contributed by atoms with Crippen molar-refractivity contribution in [2.45, 2.75) is 18.9 Å². The van der Waals surface area contributed by atoms with Crippen molar-refractivity contribution in [3.8, 4) is 5.75 Å². The molecule has 3 aromatic carbocycles. The van der Waals surface area contributed by atoms with Crippen LogP contribution in [0.2, 0.25) is 0 Å². The molecule has 1 saturated heterocycles. The first kappa shape index (κ1) is 24.8. The Bertz CT molecular complexity index is 1260. The SMILES string of the molecule is O=C(NCc1ccccc1CS(=O)(=O)N1CCOCC1)c1ccccc1OCc1ccc(F)cc1. The third kappa shape index (κ3) is 6.66. The van der Waals surface area contributed by atoms with Gasteiger partial charge in [-0.3, -0.25) is 4.79 Å². The van der Waals surface area contributed by atoms with Crippen molar-refractivity contribution in [3.63, 3.8) is 0 Å². The number of morpholine rings is 1. The monoisotopic (exact) mass is 498 g/mol. The third-order valence-corrected chi connectivity index (χ3v) is 7.53. The van der Waals surface area contributed by atoms with E-state index in [1.165, 1.54) is 16.4 Å². The molecular weight excluding hydrogens is 471 g/mol. The molecular formula is C26H27FN2O5S. The number of halogens is 1. The van der Waals surface area contributed by atoms with Gasteiger partial charge in [-0.25, -0.2) is 12.8 Å². The molecule has 1 aliphatic heterocycles. The Kier molecular flexibility index (Phi) is 8.12. The summed E-state index contributed by atoms with van der Waals surface area (Å²) >= 11 is 0. The second-order valence-electron chi connectivity index (χ2n) is 8.13. The molecule has 0 aliphatic carbocycles. The molecule has 0 radical (unpaired) electrons. The Morgan fingerprint density at radius 3 is 2.34 bits per heavy atom. The molecule has 1 aliphatic rings. The van der Waals surface area contributed by atoms with E-state index in [9.17, 15) is 17.6 Å². The first-order valence-corrected chi connectivity index (χ1v) is 12.9. The number of ether oxygens (including phenoxy) is 2. The number of amides is 1. The number of hydrogen-bond acceptors (Lipinski definition) is 5. The van der Waals surface area contributed by atoms with E-state index >= 15 is 0 Å². The van der Waals surface area contributed by atoms with Crippen LogP contribution in [0.25, 0.3) is 0 Å². The highest BCUT2D eigenvalue weighted by molar-refractivity contribution is 7.88. The van der Waals surface area contributed by atoms with E-state index in [1.807, 2.05) is 6.07 Å². The molecule has 9 heteroatoms. The fraction of sp³-hybridized carbons (Fsp3) is 0.269. The lowest BCUT2D eigenvalue weighted by molar-refractivity contribution is 0.0729. The van der Waals surface area contributed by atoms with Crippen LogP contribution in [0.4, 0.5) is 4.39 Å². The lowest BCUT2D eigenvalue weighted by atomic mass is 10.1. The standard InChI is InChI=1S/C26H27FN2O5S/c27-23-11-9-20(10-12-23)18-34-25-8-4-3-7-24(25)26(30)28-17-21-5-1-2-6-22(21)19-35(31,32)29-13-15-33-16-14-29/h1-12H,13-19H2,(H,28,30). The van der Waals surface area contributed by atoms with Crippen LogP contribution in [0.5, 0.6) is 5.75 Å². The quantitative estimate of drug-likeness (QED) is 0.488. The van der Waals surface area contributed by atoms with E-state index in [2.05, 4.69) is 5.32 Å². The average molecular weight is 499 g/mol. The Hall–Kier alpha value is -3.27. The third-order valence-electron chi connectivity index (χ3n) is 5.70. The Balaban J connectivity index is 1.41. The molecule has 0 spiro atoms. The molecule has 1 fully saturated rings. The van der Waals surface area contributed by atoms with Crippen molar-refractivity contribution < 1.29 is 27.1 Å². The van der Waals surface area contributed by atoms with Gasteiger partial charge in [-0.1, -0.05) is 48.5 Å². The van der Waals surface area contributed by atoms with Gasteiger partial charge in [-0.15, -0.1) is 0 Å². The van der Waals surface area contributed by atoms with Crippen LogP contribution in [-0.2, 0) is 33.7 Å². The number of para-hydroxylation sites is 1. The number of carbonyl (C=O) groups excluding carboxylic acids is 1. The molecule has 35 heavy (non-hydrogen) atoms. The fourth-order valence-electron chi connectivity index (χ4n) is 3.78. The summed E-state index contributed by atoms with van der Waals surface area (Å²) in [6, 6.07) is 20.0. The topological polar surface area (TPSA) is 84.9 Å². The molecule has 1 amide bonds. The summed E-state index contributed by atoms with van der Waals surface area (Å²) in [6.45, 7) is 1.82. The smallest absolute Gasteiger partial charge is 0.255 e. The van der Waals surface area contributed by atoms with Crippen LogP contribution < -0.4 is 10.1 Å². The van der Waals surface area contributed by atoms with Crippen molar-refractivity contribution in [3.05, 3.63) is 101 Å². The molecule has 0 bridgehead atoms. The van der Waals surface area contributed by atoms with E-state index < -0.39 is 10.0 Å². The molecule has 1 heterocycles.